The fraction of sp³-hybridized carbons (Fsp3) is 0.500. The molecule has 7 rings (SSSR count). The van der Waals surface area contributed by atoms with Crippen molar-refractivity contribution in [3.63, 3.8) is 0 Å². The van der Waals surface area contributed by atoms with E-state index in [9.17, 15) is 19.2 Å². The standard InChI is InChI=1S/C34H38N4O4/c1-32(2)20-11-12-22(32)27(39)25(20)30(41)35-18-8-6-17(7-9-18)29-37-23-13-10-19(16-24(23)38-29)36-31(42)26-21-14-15-34(5,28(26)40)33(21,3)4/h6-10,13,16,20-22,25-26H,11-12,14-15H2,1-5H3,(H,35,41)(H,36,42)(H,37,38). The monoisotopic (exact) mass is 566 g/mol. The number of benzene rings is 2. The summed E-state index contributed by atoms with van der Waals surface area (Å²) < 4.78 is 0. The number of H-pyrrole nitrogens is 1. The van der Waals surface area contributed by atoms with E-state index in [1.54, 1.807) is 0 Å². The highest BCUT2D eigenvalue weighted by atomic mass is 16.2. The number of anilines is 2. The van der Waals surface area contributed by atoms with Crippen molar-refractivity contribution in [3.05, 3.63) is 42.5 Å². The molecule has 2 amide bonds. The number of nitrogens with zero attached hydrogens (tertiary/aromatic N) is 1. The van der Waals surface area contributed by atoms with Gasteiger partial charge in [0, 0.05) is 28.3 Å². The molecule has 4 bridgehead atoms. The Morgan fingerprint density at radius 3 is 2.14 bits per heavy atom. The van der Waals surface area contributed by atoms with Crippen LogP contribution in [-0.4, -0.2) is 33.3 Å². The molecule has 1 heterocycles. The predicted molar refractivity (Wildman–Crippen MR) is 160 cm³/mol. The molecule has 3 N–H and O–H groups in total. The molecule has 8 heteroatoms. The highest BCUT2D eigenvalue weighted by Crippen LogP contribution is 2.65. The van der Waals surface area contributed by atoms with Gasteiger partial charge < -0.3 is 15.6 Å². The Hall–Kier alpha value is -3.81. The fourth-order valence-electron chi connectivity index (χ4n) is 8.94. The van der Waals surface area contributed by atoms with Crippen molar-refractivity contribution < 1.29 is 19.2 Å². The molecule has 218 valence electrons. The van der Waals surface area contributed by atoms with Crippen molar-refractivity contribution in [2.24, 2.45) is 45.8 Å². The van der Waals surface area contributed by atoms with Crippen LogP contribution in [0.5, 0.6) is 0 Å². The van der Waals surface area contributed by atoms with Gasteiger partial charge in [-0.25, -0.2) is 4.98 Å². The van der Waals surface area contributed by atoms with Gasteiger partial charge in [-0.3, -0.25) is 19.2 Å². The second-order valence-corrected chi connectivity index (χ2v) is 14.4. The van der Waals surface area contributed by atoms with Gasteiger partial charge in [-0.15, -0.1) is 0 Å². The summed E-state index contributed by atoms with van der Waals surface area (Å²) >= 11 is 0. The van der Waals surface area contributed by atoms with Crippen LogP contribution in [-0.2, 0) is 19.2 Å². The molecule has 4 fully saturated rings. The molecule has 8 nitrogen and oxygen atoms in total. The Bertz CT molecular complexity index is 1670. The number of carbonyl (C=O) groups is 4. The first kappa shape index (κ1) is 27.0. The number of hydrogen-bond donors (Lipinski definition) is 3. The molecule has 6 unspecified atom stereocenters. The average molecular weight is 567 g/mol. The Balaban J connectivity index is 1.04. The Morgan fingerprint density at radius 1 is 0.833 bits per heavy atom. The van der Waals surface area contributed by atoms with Gasteiger partial charge in [0.2, 0.25) is 11.8 Å². The van der Waals surface area contributed by atoms with E-state index in [1.165, 1.54) is 0 Å². The summed E-state index contributed by atoms with van der Waals surface area (Å²) in [6.07, 6.45) is 3.56. The summed E-state index contributed by atoms with van der Waals surface area (Å²) in [5.74, 6) is -0.661. The molecule has 0 spiro atoms. The first-order valence-corrected chi connectivity index (χ1v) is 15.1. The summed E-state index contributed by atoms with van der Waals surface area (Å²) in [4.78, 5) is 60.5. The lowest BCUT2D eigenvalue weighted by Gasteiger charge is -2.32. The van der Waals surface area contributed by atoms with Crippen molar-refractivity contribution in [2.45, 2.75) is 60.3 Å². The number of fused-ring (bicyclic) bond motifs is 5. The van der Waals surface area contributed by atoms with Crippen LogP contribution < -0.4 is 10.6 Å². The molecule has 3 aromatic rings. The lowest BCUT2D eigenvalue weighted by molar-refractivity contribution is -0.137. The number of aromatic amines is 1. The van der Waals surface area contributed by atoms with Crippen LogP contribution in [0.4, 0.5) is 11.4 Å². The number of imidazole rings is 1. The van der Waals surface area contributed by atoms with Gasteiger partial charge in [0.05, 0.1) is 11.0 Å². The molecule has 4 saturated carbocycles. The van der Waals surface area contributed by atoms with Crippen molar-refractivity contribution in [2.75, 3.05) is 10.6 Å². The Labute approximate surface area is 245 Å². The number of hydrogen-bond acceptors (Lipinski definition) is 5. The van der Waals surface area contributed by atoms with Crippen molar-refractivity contribution in [1.29, 1.82) is 0 Å². The van der Waals surface area contributed by atoms with E-state index in [-0.39, 0.29) is 52.0 Å². The van der Waals surface area contributed by atoms with E-state index < -0.39 is 17.3 Å². The molecular formula is C34H38N4O4. The van der Waals surface area contributed by atoms with Gasteiger partial charge in [-0.2, -0.15) is 0 Å². The third-order valence-electron chi connectivity index (χ3n) is 11.9. The predicted octanol–water partition coefficient (Wildman–Crippen LogP) is 6.00. The van der Waals surface area contributed by atoms with E-state index in [2.05, 4.69) is 43.3 Å². The maximum absolute atomic E-state index is 13.3. The Morgan fingerprint density at radius 2 is 1.50 bits per heavy atom. The third-order valence-corrected chi connectivity index (χ3v) is 11.9. The molecule has 4 aliphatic carbocycles. The zero-order valence-corrected chi connectivity index (χ0v) is 24.8. The van der Waals surface area contributed by atoms with Gasteiger partial charge in [0.25, 0.3) is 0 Å². The first-order valence-electron chi connectivity index (χ1n) is 15.1. The number of aromatic nitrogens is 2. The van der Waals surface area contributed by atoms with E-state index in [0.29, 0.717) is 17.2 Å². The van der Waals surface area contributed by atoms with E-state index in [4.69, 9.17) is 4.98 Å². The highest BCUT2D eigenvalue weighted by molar-refractivity contribution is 6.12. The van der Waals surface area contributed by atoms with E-state index in [1.807, 2.05) is 49.4 Å². The van der Waals surface area contributed by atoms with Crippen LogP contribution in [0, 0.1) is 45.8 Å². The maximum atomic E-state index is 13.3. The Kier molecular flexibility index (Phi) is 5.70. The highest BCUT2D eigenvalue weighted by Gasteiger charge is 2.68. The normalized spacial score (nSPS) is 32.1. The molecular weight excluding hydrogens is 528 g/mol. The molecule has 4 aliphatic rings. The van der Waals surface area contributed by atoms with Gasteiger partial charge >= 0.3 is 0 Å². The van der Waals surface area contributed by atoms with Crippen LogP contribution in [0.15, 0.2) is 42.5 Å². The molecule has 42 heavy (non-hydrogen) atoms. The lowest BCUT2D eigenvalue weighted by atomic mass is 9.70. The minimum Gasteiger partial charge on any atom is -0.338 e. The molecule has 0 radical (unpaired) electrons. The van der Waals surface area contributed by atoms with Gasteiger partial charge in [0.1, 0.15) is 23.4 Å². The fourth-order valence-corrected chi connectivity index (χ4v) is 8.94. The summed E-state index contributed by atoms with van der Waals surface area (Å²) in [5, 5.41) is 5.95. The molecule has 6 atom stereocenters. The maximum Gasteiger partial charge on any atom is 0.235 e. The largest absolute Gasteiger partial charge is 0.338 e. The van der Waals surface area contributed by atoms with Crippen LogP contribution in [0.3, 0.4) is 0 Å². The number of carbonyl (C=O) groups excluding carboxylic acids is 4. The van der Waals surface area contributed by atoms with E-state index in [0.717, 1.165) is 42.3 Å². The van der Waals surface area contributed by atoms with Crippen molar-refractivity contribution in [1.82, 2.24) is 9.97 Å². The number of ketones is 2. The number of Topliss-reactive ketones (excluding diaryl/α,β-unsaturated/α-hetero) is 2. The molecule has 0 aliphatic heterocycles. The minimum absolute atomic E-state index is 0.0153. The smallest absolute Gasteiger partial charge is 0.235 e. The summed E-state index contributed by atoms with van der Waals surface area (Å²) in [7, 11) is 0. The summed E-state index contributed by atoms with van der Waals surface area (Å²) in [6.45, 7) is 10.5. The number of rotatable bonds is 5. The lowest BCUT2D eigenvalue weighted by Crippen LogP contribution is -2.37. The number of nitrogens with one attached hydrogen (secondary N) is 3. The molecule has 1 aromatic heterocycles. The van der Waals surface area contributed by atoms with Crippen molar-refractivity contribution in [3.8, 4) is 11.4 Å². The SMILES string of the molecule is CC1(C)C2CCC1C(C(=O)Nc1ccc(-c3nc4ccc(NC(=O)C5C(=O)C6(C)CCC5C6(C)C)cc4[nH]3)cc1)C2=O. The van der Waals surface area contributed by atoms with Gasteiger partial charge in [-0.1, -0.05) is 34.6 Å². The summed E-state index contributed by atoms with van der Waals surface area (Å²) in [6, 6.07) is 12.9. The van der Waals surface area contributed by atoms with Gasteiger partial charge in [0.15, 0.2) is 5.78 Å². The van der Waals surface area contributed by atoms with Crippen LogP contribution in [0.1, 0.15) is 60.3 Å². The second kappa shape index (κ2) is 8.85. The minimum atomic E-state index is -0.612. The number of amides is 2. The zero-order chi connectivity index (χ0) is 29.8. The van der Waals surface area contributed by atoms with Gasteiger partial charge in [-0.05, 0) is 90.8 Å². The van der Waals surface area contributed by atoms with Crippen LogP contribution in [0.25, 0.3) is 22.4 Å². The van der Waals surface area contributed by atoms with Crippen molar-refractivity contribution >= 4 is 45.8 Å². The first-order chi connectivity index (χ1) is 19.8. The quantitative estimate of drug-likeness (QED) is 0.327. The van der Waals surface area contributed by atoms with Crippen LogP contribution >= 0.6 is 0 Å². The second-order valence-electron chi connectivity index (χ2n) is 14.4. The molecule has 2 aromatic carbocycles. The zero-order valence-electron chi connectivity index (χ0n) is 24.8. The van der Waals surface area contributed by atoms with Crippen LogP contribution in [0.2, 0.25) is 0 Å². The van der Waals surface area contributed by atoms with E-state index >= 15 is 0 Å². The third kappa shape index (κ3) is 3.62. The topological polar surface area (TPSA) is 121 Å². The summed E-state index contributed by atoms with van der Waals surface area (Å²) in [5.41, 5.74) is 2.89. The average Bonchev–Trinajstić information content (AvgIpc) is 3.64. The molecule has 0 saturated heterocycles.